The maximum Gasteiger partial charge on any atom is 0.257 e. The van der Waals surface area contributed by atoms with E-state index in [4.69, 9.17) is 9.15 Å². The van der Waals surface area contributed by atoms with Crippen LogP contribution in [0.5, 0.6) is 5.75 Å². The molecule has 5 nitrogen and oxygen atoms in total. The molecule has 1 aliphatic rings. The van der Waals surface area contributed by atoms with E-state index >= 15 is 0 Å². The maximum atomic E-state index is 5.75. The van der Waals surface area contributed by atoms with Crippen LogP contribution in [0.15, 0.2) is 46.2 Å². The lowest BCUT2D eigenvalue weighted by Gasteiger charge is -2.18. The molecule has 0 unspecified atom stereocenters. The van der Waals surface area contributed by atoms with E-state index in [0.29, 0.717) is 30.9 Å². The summed E-state index contributed by atoms with van der Waals surface area (Å²) < 4.78 is 11.5. The van der Waals surface area contributed by atoms with Crippen molar-refractivity contribution in [2.75, 3.05) is 6.61 Å². The Morgan fingerprint density at radius 3 is 3.04 bits per heavy atom. The summed E-state index contributed by atoms with van der Waals surface area (Å²) in [5.41, 5.74) is 1.26. The van der Waals surface area contributed by atoms with Gasteiger partial charge in [0.25, 0.3) is 5.89 Å². The monoisotopic (exact) mass is 327 g/mol. The van der Waals surface area contributed by atoms with Crippen LogP contribution in [-0.4, -0.2) is 22.8 Å². The van der Waals surface area contributed by atoms with Crippen LogP contribution in [-0.2, 0) is 6.54 Å². The van der Waals surface area contributed by atoms with Crippen molar-refractivity contribution < 1.29 is 9.15 Å². The van der Waals surface area contributed by atoms with E-state index in [0.717, 1.165) is 10.6 Å². The maximum absolute atomic E-state index is 5.75. The van der Waals surface area contributed by atoms with Crippen molar-refractivity contribution in [2.24, 2.45) is 0 Å². The summed E-state index contributed by atoms with van der Waals surface area (Å²) in [6.45, 7) is 3.42. The molecule has 4 rings (SSSR count). The topological polar surface area (TPSA) is 60.2 Å². The SMILES string of the molecule is C[C@@H](NCc1nnc(-c2cccs2)o1)[C@H]1COc2ccccc21. The molecule has 0 aliphatic carbocycles. The molecule has 23 heavy (non-hydrogen) atoms. The van der Waals surface area contributed by atoms with Gasteiger partial charge in [-0.15, -0.1) is 21.5 Å². The van der Waals surface area contributed by atoms with Crippen LogP contribution in [0.25, 0.3) is 10.8 Å². The largest absolute Gasteiger partial charge is 0.493 e. The summed E-state index contributed by atoms with van der Waals surface area (Å²) in [4.78, 5) is 0.995. The third-order valence-corrected chi connectivity index (χ3v) is 4.97. The zero-order chi connectivity index (χ0) is 15.6. The van der Waals surface area contributed by atoms with E-state index in [1.54, 1.807) is 11.3 Å². The number of fused-ring (bicyclic) bond motifs is 1. The van der Waals surface area contributed by atoms with Crippen LogP contribution in [0.3, 0.4) is 0 Å². The second kappa shape index (κ2) is 6.14. The molecule has 0 saturated heterocycles. The summed E-state index contributed by atoms with van der Waals surface area (Å²) in [5.74, 6) is 2.52. The summed E-state index contributed by atoms with van der Waals surface area (Å²) in [6.07, 6.45) is 0. The predicted octanol–water partition coefficient (Wildman–Crippen LogP) is 3.45. The van der Waals surface area contributed by atoms with E-state index in [1.165, 1.54) is 5.56 Å². The summed E-state index contributed by atoms with van der Waals surface area (Å²) in [7, 11) is 0. The van der Waals surface area contributed by atoms with Crippen molar-refractivity contribution in [3.05, 3.63) is 53.2 Å². The highest BCUT2D eigenvalue weighted by molar-refractivity contribution is 7.13. The lowest BCUT2D eigenvalue weighted by Crippen LogP contribution is -2.32. The fraction of sp³-hybridized carbons (Fsp3) is 0.294. The highest BCUT2D eigenvalue weighted by Gasteiger charge is 2.28. The number of thiophene rings is 1. The van der Waals surface area contributed by atoms with Gasteiger partial charge in [0.05, 0.1) is 18.0 Å². The highest BCUT2D eigenvalue weighted by Crippen LogP contribution is 2.35. The van der Waals surface area contributed by atoms with Crippen LogP contribution >= 0.6 is 11.3 Å². The van der Waals surface area contributed by atoms with Gasteiger partial charge in [0.1, 0.15) is 5.75 Å². The van der Waals surface area contributed by atoms with Crippen molar-refractivity contribution in [1.29, 1.82) is 0 Å². The van der Waals surface area contributed by atoms with Crippen LogP contribution < -0.4 is 10.1 Å². The molecule has 1 aliphatic heterocycles. The lowest BCUT2D eigenvalue weighted by atomic mass is 9.94. The number of hydrogen-bond acceptors (Lipinski definition) is 6. The molecule has 2 atom stereocenters. The fourth-order valence-electron chi connectivity index (χ4n) is 2.82. The molecule has 1 N–H and O–H groups in total. The van der Waals surface area contributed by atoms with Gasteiger partial charge in [0.15, 0.2) is 0 Å². The fourth-order valence-corrected chi connectivity index (χ4v) is 3.46. The molecule has 3 heterocycles. The Balaban J connectivity index is 1.40. The van der Waals surface area contributed by atoms with Crippen molar-refractivity contribution in [1.82, 2.24) is 15.5 Å². The Kier molecular flexibility index (Phi) is 3.85. The first-order chi connectivity index (χ1) is 11.3. The normalized spacial score (nSPS) is 17.7. The van der Waals surface area contributed by atoms with Crippen molar-refractivity contribution in [2.45, 2.75) is 25.4 Å². The van der Waals surface area contributed by atoms with Gasteiger partial charge < -0.3 is 14.5 Å². The standard InChI is InChI=1S/C17H17N3O2S/c1-11(13-10-21-14-6-3-2-5-12(13)14)18-9-16-19-20-17(22-16)15-7-4-8-23-15/h2-8,11,13,18H,9-10H2,1H3/t11-,13-/m1/s1. The molecule has 0 amide bonds. The van der Waals surface area contributed by atoms with Crippen molar-refractivity contribution in [3.8, 4) is 16.5 Å². The first-order valence-corrected chi connectivity index (χ1v) is 8.50. The van der Waals surface area contributed by atoms with Crippen molar-refractivity contribution in [3.63, 3.8) is 0 Å². The number of rotatable bonds is 5. The van der Waals surface area contributed by atoms with E-state index in [-0.39, 0.29) is 6.04 Å². The van der Waals surface area contributed by atoms with Crippen molar-refractivity contribution >= 4 is 11.3 Å². The smallest absolute Gasteiger partial charge is 0.257 e. The van der Waals surface area contributed by atoms with Crippen LogP contribution in [0.1, 0.15) is 24.3 Å². The molecule has 0 spiro atoms. The van der Waals surface area contributed by atoms with Crippen LogP contribution in [0.2, 0.25) is 0 Å². The number of ether oxygens (including phenoxy) is 1. The number of hydrogen-bond donors (Lipinski definition) is 1. The summed E-state index contributed by atoms with van der Waals surface area (Å²) >= 11 is 1.59. The van der Waals surface area contributed by atoms with Crippen LogP contribution in [0.4, 0.5) is 0 Å². The molecule has 0 fully saturated rings. The molecule has 118 valence electrons. The van der Waals surface area contributed by atoms with Gasteiger partial charge >= 0.3 is 0 Å². The third-order valence-electron chi connectivity index (χ3n) is 4.11. The van der Waals surface area contributed by atoms with Gasteiger partial charge in [-0.1, -0.05) is 24.3 Å². The molecular formula is C17H17N3O2S. The summed E-state index contributed by atoms with van der Waals surface area (Å²) in [6, 6.07) is 12.4. The van der Waals surface area contributed by atoms with E-state index < -0.39 is 0 Å². The van der Waals surface area contributed by atoms with Gasteiger partial charge in [-0.25, -0.2) is 0 Å². The Morgan fingerprint density at radius 1 is 1.26 bits per heavy atom. The lowest BCUT2D eigenvalue weighted by molar-refractivity contribution is 0.300. The zero-order valence-corrected chi connectivity index (χ0v) is 13.5. The van der Waals surface area contributed by atoms with E-state index in [1.807, 2.05) is 29.6 Å². The first kappa shape index (κ1) is 14.4. The molecule has 2 aromatic heterocycles. The first-order valence-electron chi connectivity index (χ1n) is 7.62. The molecular weight excluding hydrogens is 310 g/mol. The summed E-state index contributed by atoms with van der Waals surface area (Å²) in [5, 5.41) is 13.7. The molecule has 0 saturated carbocycles. The Morgan fingerprint density at radius 2 is 2.17 bits per heavy atom. The number of benzene rings is 1. The zero-order valence-electron chi connectivity index (χ0n) is 12.7. The second-order valence-electron chi connectivity index (χ2n) is 5.60. The van der Waals surface area contributed by atoms with Gasteiger partial charge in [-0.2, -0.15) is 0 Å². The molecule has 0 bridgehead atoms. The number of para-hydroxylation sites is 1. The van der Waals surface area contributed by atoms with Gasteiger partial charge in [0, 0.05) is 17.5 Å². The molecule has 0 radical (unpaired) electrons. The number of aromatic nitrogens is 2. The number of nitrogens with one attached hydrogen (secondary N) is 1. The number of nitrogens with zero attached hydrogens (tertiary/aromatic N) is 2. The predicted molar refractivity (Wildman–Crippen MR) is 88.6 cm³/mol. The van der Waals surface area contributed by atoms with Gasteiger partial charge in [-0.3, -0.25) is 0 Å². The van der Waals surface area contributed by atoms with E-state index in [2.05, 4.69) is 34.6 Å². The highest BCUT2D eigenvalue weighted by atomic mass is 32.1. The Hall–Kier alpha value is -2.18. The average molecular weight is 327 g/mol. The Bertz CT molecular complexity index is 785. The third kappa shape index (κ3) is 2.87. The molecule has 1 aromatic carbocycles. The molecule has 6 heteroatoms. The van der Waals surface area contributed by atoms with Gasteiger partial charge in [-0.05, 0) is 24.4 Å². The van der Waals surface area contributed by atoms with E-state index in [9.17, 15) is 0 Å². The quantitative estimate of drug-likeness (QED) is 0.778. The minimum Gasteiger partial charge on any atom is -0.493 e. The average Bonchev–Trinajstić information content (AvgIpc) is 3.31. The molecule has 3 aromatic rings. The minimum atomic E-state index is 0.260. The Labute approximate surface area is 138 Å². The second-order valence-corrected chi connectivity index (χ2v) is 6.55. The minimum absolute atomic E-state index is 0.260. The van der Waals surface area contributed by atoms with Crippen LogP contribution in [0, 0.1) is 0 Å². The van der Waals surface area contributed by atoms with Gasteiger partial charge in [0.2, 0.25) is 5.89 Å².